The number of fused-ring (bicyclic) bond motifs is 2. The molecule has 1 amide bonds. The molecule has 0 saturated carbocycles. The molecule has 7 nitrogen and oxygen atoms in total. The van der Waals surface area contributed by atoms with Crippen molar-refractivity contribution in [3.05, 3.63) is 100 Å². The highest BCUT2D eigenvalue weighted by molar-refractivity contribution is 7.18. The normalized spacial score (nSPS) is 13.0. The summed E-state index contributed by atoms with van der Waals surface area (Å²) in [6, 6.07) is 7.88. The molecule has 1 aromatic carbocycles. The van der Waals surface area contributed by atoms with Crippen LogP contribution in [-0.2, 0) is 17.8 Å². The van der Waals surface area contributed by atoms with E-state index in [4.69, 9.17) is 9.72 Å². The summed E-state index contributed by atoms with van der Waals surface area (Å²) in [6.45, 7) is 4.77. The lowest BCUT2D eigenvalue weighted by molar-refractivity contribution is -0.126. The molecule has 0 fully saturated rings. The summed E-state index contributed by atoms with van der Waals surface area (Å²) in [6.07, 6.45) is 3.94. The van der Waals surface area contributed by atoms with E-state index in [0.29, 0.717) is 44.4 Å². The molecule has 0 bridgehead atoms. The molecule has 0 N–H and O–H groups in total. The zero-order valence-electron chi connectivity index (χ0n) is 24.2. The molecule has 0 saturated heterocycles. The van der Waals surface area contributed by atoms with E-state index in [1.54, 1.807) is 36.4 Å². The van der Waals surface area contributed by atoms with Crippen LogP contribution in [0.5, 0.6) is 5.75 Å². The first-order valence-electron chi connectivity index (χ1n) is 14.0. The van der Waals surface area contributed by atoms with Gasteiger partial charge in [-0.1, -0.05) is 6.58 Å². The molecule has 45 heavy (non-hydrogen) atoms. The van der Waals surface area contributed by atoms with Crippen LogP contribution in [0.1, 0.15) is 31.7 Å². The summed E-state index contributed by atoms with van der Waals surface area (Å²) in [5.41, 5.74) is 2.23. The predicted molar refractivity (Wildman–Crippen MR) is 164 cm³/mol. The van der Waals surface area contributed by atoms with E-state index in [2.05, 4.69) is 11.6 Å². The Labute approximate surface area is 259 Å². The number of amides is 1. The number of carbonyl (C=O) groups excluding carboxylic acids is 1. The van der Waals surface area contributed by atoms with E-state index < -0.39 is 29.8 Å². The Kier molecular flexibility index (Phi) is 8.00. The third-order valence-electron chi connectivity index (χ3n) is 7.47. The van der Waals surface area contributed by atoms with Gasteiger partial charge in [0.15, 0.2) is 0 Å². The van der Waals surface area contributed by atoms with Crippen molar-refractivity contribution in [3.63, 3.8) is 0 Å². The van der Waals surface area contributed by atoms with Crippen LogP contribution in [0.3, 0.4) is 0 Å². The van der Waals surface area contributed by atoms with Crippen molar-refractivity contribution in [2.45, 2.75) is 39.5 Å². The second kappa shape index (κ2) is 11.9. The number of ether oxygens (including phenoxy) is 1. The summed E-state index contributed by atoms with van der Waals surface area (Å²) in [4.78, 5) is 36.2. The number of nitrogens with zero attached hydrogens (tertiary/aromatic N) is 4. The predicted octanol–water partition coefficient (Wildman–Crippen LogP) is 7.39. The second-order valence-electron chi connectivity index (χ2n) is 10.8. The van der Waals surface area contributed by atoms with Crippen LogP contribution in [0.15, 0.2) is 71.6 Å². The van der Waals surface area contributed by atoms with Gasteiger partial charge in [0.25, 0.3) is 5.56 Å². The quantitative estimate of drug-likeness (QED) is 0.138. The van der Waals surface area contributed by atoms with Crippen LogP contribution in [0.25, 0.3) is 43.7 Å². The van der Waals surface area contributed by atoms with Crippen LogP contribution in [0, 0.1) is 11.6 Å². The number of carbonyl (C=O) groups is 1. The fraction of sp³-hybridized carbons (Fsp3) is 0.212. The Morgan fingerprint density at radius 2 is 1.89 bits per heavy atom. The zero-order chi connectivity index (χ0) is 32.0. The number of aromatic nitrogens is 3. The summed E-state index contributed by atoms with van der Waals surface area (Å²) < 4.78 is 63.9. The van der Waals surface area contributed by atoms with Crippen LogP contribution < -0.4 is 10.3 Å². The van der Waals surface area contributed by atoms with Crippen molar-refractivity contribution in [2.24, 2.45) is 0 Å². The average Bonchev–Trinajstić information content (AvgIpc) is 3.49. The lowest BCUT2D eigenvalue weighted by Gasteiger charge is -2.27. The molecule has 0 spiro atoms. The van der Waals surface area contributed by atoms with E-state index in [1.807, 2.05) is 6.07 Å². The topological polar surface area (TPSA) is 77.3 Å². The maximum absolute atomic E-state index is 15.9. The number of alkyl halides is 2. The summed E-state index contributed by atoms with van der Waals surface area (Å²) in [5, 5.41) is 2.29. The lowest BCUT2D eigenvalue weighted by atomic mass is 9.94. The van der Waals surface area contributed by atoms with E-state index in [0.717, 1.165) is 35.7 Å². The van der Waals surface area contributed by atoms with E-state index in [-0.39, 0.29) is 35.0 Å². The molecule has 6 rings (SSSR count). The second-order valence-corrected chi connectivity index (χ2v) is 11.7. The molecule has 230 valence electrons. The first-order chi connectivity index (χ1) is 21.5. The highest BCUT2D eigenvalue weighted by atomic mass is 32.1. The molecule has 5 aromatic rings. The minimum Gasteiger partial charge on any atom is -0.490 e. The maximum atomic E-state index is 15.9. The molecule has 0 atom stereocenters. The molecular formula is C33H26F4N4O3S. The maximum Gasteiger partial charge on any atom is 0.321 e. The van der Waals surface area contributed by atoms with Gasteiger partial charge in [-0.3, -0.25) is 19.1 Å². The van der Waals surface area contributed by atoms with Crippen molar-refractivity contribution >= 4 is 27.3 Å². The van der Waals surface area contributed by atoms with Gasteiger partial charge in [-0.25, -0.2) is 13.8 Å². The van der Waals surface area contributed by atoms with E-state index in [1.165, 1.54) is 23.5 Å². The third-order valence-corrected chi connectivity index (χ3v) is 8.40. The first kappa shape index (κ1) is 30.2. The smallest absolute Gasteiger partial charge is 0.321 e. The molecule has 1 aliphatic rings. The number of halogens is 4. The van der Waals surface area contributed by atoms with Crippen LogP contribution >= 0.6 is 11.3 Å². The monoisotopic (exact) mass is 634 g/mol. The van der Waals surface area contributed by atoms with Gasteiger partial charge in [0.05, 0.1) is 23.1 Å². The van der Waals surface area contributed by atoms with Crippen LogP contribution in [-0.4, -0.2) is 38.0 Å². The fourth-order valence-corrected chi connectivity index (χ4v) is 6.44. The average molecular weight is 635 g/mol. The Hall–Kier alpha value is -4.84. The minimum absolute atomic E-state index is 0.0131. The zero-order valence-corrected chi connectivity index (χ0v) is 25.0. The Balaban J connectivity index is 1.66. The number of hydrogen-bond acceptors (Lipinski definition) is 6. The largest absolute Gasteiger partial charge is 0.490 e. The highest BCUT2D eigenvalue weighted by Gasteiger charge is 2.27. The van der Waals surface area contributed by atoms with Crippen LogP contribution in [0.4, 0.5) is 17.6 Å². The van der Waals surface area contributed by atoms with Crippen molar-refractivity contribution < 1.29 is 27.1 Å². The number of hydrogen-bond donors (Lipinski definition) is 0. The molecular weight excluding hydrogens is 608 g/mol. The van der Waals surface area contributed by atoms with Gasteiger partial charge in [-0.2, -0.15) is 8.78 Å². The number of thiophene rings is 1. The summed E-state index contributed by atoms with van der Waals surface area (Å²) in [5.74, 6) is -1.94. The van der Waals surface area contributed by atoms with Crippen molar-refractivity contribution in [3.8, 4) is 39.4 Å². The van der Waals surface area contributed by atoms with Gasteiger partial charge in [-0.15, -0.1) is 11.3 Å². The standard InChI is InChI=1S/C33H26F4N4O3S/c1-4-26(42)40-8-6-24-20(16-40)11-19(15-38-24)31-29(28-23(35)13-21(34)14-25(28)44-17(2)3)32-22(7-10-45-32)30(39-31)18-5-9-41(33(36)37)27(43)12-18/h4-5,7,9-15,17,33H,1,6,8,16H2,2-3H3. The molecule has 0 radical (unpaired) electrons. The number of pyridine rings is 3. The van der Waals surface area contributed by atoms with Crippen LogP contribution in [0.2, 0.25) is 0 Å². The van der Waals surface area contributed by atoms with E-state index >= 15 is 4.39 Å². The number of benzene rings is 1. The third kappa shape index (κ3) is 5.61. The Morgan fingerprint density at radius 3 is 2.60 bits per heavy atom. The molecule has 1 aliphatic heterocycles. The van der Waals surface area contributed by atoms with Gasteiger partial charge in [0.1, 0.15) is 17.4 Å². The molecule has 0 unspecified atom stereocenters. The highest BCUT2D eigenvalue weighted by Crippen LogP contribution is 2.47. The van der Waals surface area contributed by atoms with Gasteiger partial charge >= 0.3 is 6.55 Å². The molecule has 0 aliphatic carbocycles. The first-order valence-corrected chi connectivity index (χ1v) is 14.9. The van der Waals surface area contributed by atoms with Gasteiger partial charge < -0.3 is 9.64 Å². The Morgan fingerprint density at radius 1 is 1.09 bits per heavy atom. The van der Waals surface area contributed by atoms with Crippen molar-refractivity contribution in [2.75, 3.05) is 6.54 Å². The molecule has 12 heteroatoms. The lowest BCUT2D eigenvalue weighted by Crippen LogP contribution is -2.35. The minimum atomic E-state index is -3.02. The van der Waals surface area contributed by atoms with Crippen molar-refractivity contribution in [1.82, 2.24) is 19.4 Å². The number of rotatable bonds is 7. The van der Waals surface area contributed by atoms with Crippen molar-refractivity contribution in [1.29, 1.82) is 0 Å². The Bertz CT molecular complexity index is 2040. The summed E-state index contributed by atoms with van der Waals surface area (Å²) >= 11 is 1.27. The molecule has 5 heterocycles. The van der Waals surface area contributed by atoms with E-state index in [9.17, 15) is 22.8 Å². The summed E-state index contributed by atoms with van der Waals surface area (Å²) in [7, 11) is 0. The fourth-order valence-electron chi connectivity index (χ4n) is 5.50. The SMILES string of the molecule is C=CC(=O)N1CCc2ncc(-c3nc(-c4ccn(C(F)F)c(=O)c4)c4ccsc4c3-c3c(F)cc(F)cc3OC(C)C)cc2C1. The molecule has 4 aromatic heterocycles. The van der Waals surface area contributed by atoms with Gasteiger partial charge in [0, 0.05) is 82.6 Å². The van der Waals surface area contributed by atoms with Gasteiger partial charge in [-0.05, 0) is 49.1 Å². The van der Waals surface area contributed by atoms with Gasteiger partial charge in [0.2, 0.25) is 5.91 Å².